The van der Waals surface area contributed by atoms with Crippen LogP contribution in [-0.4, -0.2) is 31.9 Å². The molecule has 1 unspecified atom stereocenters. The zero-order chi connectivity index (χ0) is 17.4. The van der Waals surface area contributed by atoms with E-state index in [1.165, 1.54) is 0 Å². The van der Waals surface area contributed by atoms with Gasteiger partial charge < -0.3 is 10.1 Å². The summed E-state index contributed by atoms with van der Waals surface area (Å²) in [6.07, 6.45) is 2.49. The Balaban J connectivity index is 1.65. The topological polar surface area (TPSA) is 81.9 Å². The number of fused-ring (bicyclic) bond motifs is 1. The highest BCUT2D eigenvalue weighted by atomic mass is 32.1. The average molecular weight is 355 g/mol. The van der Waals surface area contributed by atoms with E-state index < -0.39 is 0 Å². The van der Waals surface area contributed by atoms with Crippen molar-refractivity contribution in [1.82, 2.24) is 24.7 Å². The molecule has 3 aromatic rings. The molecule has 0 saturated carbocycles. The molecule has 0 fully saturated rings. The summed E-state index contributed by atoms with van der Waals surface area (Å²) in [5.74, 6) is 0.665. The molecule has 8 heteroatoms. The van der Waals surface area contributed by atoms with Crippen molar-refractivity contribution < 1.29 is 9.53 Å². The summed E-state index contributed by atoms with van der Waals surface area (Å²) in [6.45, 7) is 2.36. The first kappa shape index (κ1) is 15.8. The van der Waals surface area contributed by atoms with Gasteiger partial charge in [0.2, 0.25) is 0 Å². The van der Waals surface area contributed by atoms with Crippen LogP contribution in [0.1, 0.15) is 33.4 Å². The van der Waals surface area contributed by atoms with Gasteiger partial charge in [0.05, 0.1) is 24.0 Å². The number of benzene rings is 1. The van der Waals surface area contributed by atoms with E-state index in [1.54, 1.807) is 13.1 Å². The van der Waals surface area contributed by atoms with Gasteiger partial charge >= 0.3 is 0 Å². The number of aromatic nitrogens is 4. The maximum absolute atomic E-state index is 12.5. The first-order chi connectivity index (χ1) is 12.1. The van der Waals surface area contributed by atoms with Gasteiger partial charge in [-0.1, -0.05) is 4.49 Å². The SMILES string of the molecule is Cc1nnsc1C(=O)NC1CCOc2ccc(-c3ccnn3C)cc21. The molecule has 0 aliphatic carbocycles. The smallest absolute Gasteiger partial charge is 0.265 e. The predicted octanol–water partition coefficient (Wildman–Crippen LogP) is 2.50. The third-order valence-corrected chi connectivity index (χ3v) is 5.16. The standard InChI is InChI=1S/C17H17N5O2S/c1-10-16(25-21-20-10)17(23)19-13-6-8-24-15-4-3-11(9-12(13)15)14-5-7-18-22(14)2/h3-5,7,9,13H,6,8H2,1-2H3,(H,19,23). The van der Waals surface area contributed by atoms with Crippen molar-refractivity contribution in [2.24, 2.45) is 7.05 Å². The Labute approximate surface area is 148 Å². The van der Waals surface area contributed by atoms with E-state index in [4.69, 9.17) is 4.74 Å². The normalized spacial score (nSPS) is 16.2. The molecule has 7 nitrogen and oxygen atoms in total. The Hall–Kier alpha value is -2.74. The van der Waals surface area contributed by atoms with Gasteiger partial charge in [-0.25, -0.2) is 0 Å². The maximum Gasteiger partial charge on any atom is 0.265 e. The fourth-order valence-electron chi connectivity index (χ4n) is 3.02. The summed E-state index contributed by atoms with van der Waals surface area (Å²) in [7, 11) is 1.91. The average Bonchev–Trinajstić information content (AvgIpc) is 3.23. The second kappa shape index (κ2) is 6.29. The largest absolute Gasteiger partial charge is 0.493 e. The minimum Gasteiger partial charge on any atom is -0.493 e. The van der Waals surface area contributed by atoms with Crippen molar-refractivity contribution in [2.45, 2.75) is 19.4 Å². The number of amides is 1. The van der Waals surface area contributed by atoms with Crippen LogP contribution >= 0.6 is 11.5 Å². The molecular formula is C17H17N5O2S. The monoisotopic (exact) mass is 355 g/mol. The number of nitrogens with zero attached hydrogens (tertiary/aromatic N) is 4. The minimum absolute atomic E-state index is 0.106. The van der Waals surface area contributed by atoms with E-state index >= 15 is 0 Å². The summed E-state index contributed by atoms with van der Waals surface area (Å²) in [6, 6.07) is 7.89. The van der Waals surface area contributed by atoms with Crippen LogP contribution in [0.15, 0.2) is 30.5 Å². The molecule has 0 radical (unpaired) electrons. The van der Waals surface area contributed by atoms with Gasteiger partial charge in [-0.05, 0) is 42.7 Å². The number of ether oxygens (including phenoxy) is 1. The van der Waals surface area contributed by atoms with E-state index in [0.29, 0.717) is 17.2 Å². The third-order valence-electron chi connectivity index (χ3n) is 4.33. The van der Waals surface area contributed by atoms with Crippen LogP contribution in [0.3, 0.4) is 0 Å². The molecule has 2 aromatic heterocycles. The van der Waals surface area contributed by atoms with Crippen molar-refractivity contribution in [1.29, 1.82) is 0 Å². The van der Waals surface area contributed by atoms with Crippen molar-refractivity contribution in [3.8, 4) is 17.0 Å². The van der Waals surface area contributed by atoms with Crippen LogP contribution in [0.5, 0.6) is 5.75 Å². The Morgan fingerprint density at radius 1 is 1.40 bits per heavy atom. The highest BCUT2D eigenvalue weighted by Gasteiger charge is 2.25. The molecule has 0 spiro atoms. The van der Waals surface area contributed by atoms with Crippen molar-refractivity contribution in [2.75, 3.05) is 6.61 Å². The number of carbonyl (C=O) groups is 1. The van der Waals surface area contributed by atoms with Crippen molar-refractivity contribution >= 4 is 17.4 Å². The van der Waals surface area contributed by atoms with Gasteiger partial charge in [0.25, 0.3) is 5.91 Å². The first-order valence-electron chi connectivity index (χ1n) is 7.98. The van der Waals surface area contributed by atoms with Crippen molar-refractivity contribution in [3.63, 3.8) is 0 Å². The Morgan fingerprint density at radius 2 is 2.28 bits per heavy atom. The molecule has 128 valence electrons. The van der Waals surface area contributed by atoms with E-state index in [9.17, 15) is 4.79 Å². The Morgan fingerprint density at radius 3 is 3.00 bits per heavy atom. The van der Waals surface area contributed by atoms with Crippen molar-refractivity contribution in [3.05, 3.63) is 46.6 Å². The second-order valence-electron chi connectivity index (χ2n) is 5.94. The molecular weight excluding hydrogens is 338 g/mol. The molecule has 0 saturated heterocycles. The molecule has 1 aliphatic heterocycles. The molecule has 25 heavy (non-hydrogen) atoms. The summed E-state index contributed by atoms with van der Waals surface area (Å²) in [4.78, 5) is 13.1. The van der Waals surface area contributed by atoms with Crippen LogP contribution in [0.25, 0.3) is 11.3 Å². The van der Waals surface area contributed by atoms with E-state index in [-0.39, 0.29) is 11.9 Å². The molecule has 4 rings (SSSR count). The fourth-order valence-corrected chi connectivity index (χ4v) is 3.58. The number of carbonyl (C=O) groups excluding carboxylic acids is 1. The fraction of sp³-hybridized carbons (Fsp3) is 0.294. The highest BCUT2D eigenvalue weighted by molar-refractivity contribution is 7.08. The number of aryl methyl sites for hydroxylation is 2. The van der Waals surface area contributed by atoms with Gasteiger partial charge in [0, 0.05) is 30.8 Å². The summed E-state index contributed by atoms with van der Waals surface area (Å²) in [5.41, 5.74) is 3.69. The number of nitrogens with one attached hydrogen (secondary N) is 1. The molecule has 1 N–H and O–H groups in total. The molecule has 1 aliphatic rings. The van der Waals surface area contributed by atoms with E-state index in [2.05, 4.69) is 26.1 Å². The zero-order valence-electron chi connectivity index (χ0n) is 13.9. The molecule has 1 aromatic carbocycles. The number of rotatable bonds is 3. The molecule has 1 amide bonds. The number of hydrogen-bond donors (Lipinski definition) is 1. The zero-order valence-corrected chi connectivity index (χ0v) is 14.7. The number of hydrogen-bond acceptors (Lipinski definition) is 6. The lowest BCUT2D eigenvalue weighted by Crippen LogP contribution is -2.32. The summed E-state index contributed by atoms with van der Waals surface area (Å²) in [5, 5.41) is 11.2. The van der Waals surface area contributed by atoms with Crippen LogP contribution in [0.2, 0.25) is 0 Å². The van der Waals surface area contributed by atoms with Gasteiger partial charge in [0.15, 0.2) is 0 Å². The van der Waals surface area contributed by atoms with Crippen LogP contribution in [-0.2, 0) is 7.05 Å². The van der Waals surface area contributed by atoms with Crippen LogP contribution < -0.4 is 10.1 Å². The van der Waals surface area contributed by atoms with Crippen LogP contribution in [0, 0.1) is 6.92 Å². The first-order valence-corrected chi connectivity index (χ1v) is 8.76. The third kappa shape index (κ3) is 2.89. The van der Waals surface area contributed by atoms with E-state index in [0.717, 1.165) is 40.5 Å². The Bertz CT molecular complexity index is 933. The van der Waals surface area contributed by atoms with Gasteiger partial charge in [-0.2, -0.15) is 5.10 Å². The second-order valence-corrected chi connectivity index (χ2v) is 6.70. The van der Waals surface area contributed by atoms with Gasteiger partial charge in [-0.3, -0.25) is 9.48 Å². The highest BCUT2D eigenvalue weighted by Crippen LogP contribution is 2.35. The molecule has 0 bridgehead atoms. The molecule has 3 heterocycles. The lowest BCUT2D eigenvalue weighted by atomic mass is 9.97. The van der Waals surface area contributed by atoms with Crippen LogP contribution in [0.4, 0.5) is 0 Å². The van der Waals surface area contributed by atoms with Gasteiger partial charge in [-0.15, -0.1) is 5.10 Å². The summed E-state index contributed by atoms with van der Waals surface area (Å²) < 4.78 is 11.4. The Kier molecular flexibility index (Phi) is 3.96. The van der Waals surface area contributed by atoms with E-state index in [1.807, 2.05) is 29.9 Å². The quantitative estimate of drug-likeness (QED) is 0.781. The minimum atomic E-state index is -0.142. The lowest BCUT2D eigenvalue weighted by Gasteiger charge is -2.27. The summed E-state index contributed by atoms with van der Waals surface area (Å²) >= 11 is 1.11. The molecule has 1 atom stereocenters. The lowest BCUT2D eigenvalue weighted by molar-refractivity contribution is 0.0928. The predicted molar refractivity (Wildman–Crippen MR) is 93.6 cm³/mol. The maximum atomic E-state index is 12.5. The van der Waals surface area contributed by atoms with Gasteiger partial charge in [0.1, 0.15) is 10.6 Å².